The fourth-order valence-electron chi connectivity index (χ4n) is 4.10. The number of aliphatic hydroxyl groups is 2. The van der Waals surface area contributed by atoms with Crippen LogP contribution in [0.1, 0.15) is 45.6 Å². The third-order valence-corrected chi connectivity index (χ3v) is 5.44. The molecule has 0 saturated heterocycles. The van der Waals surface area contributed by atoms with E-state index in [4.69, 9.17) is 9.84 Å². The third kappa shape index (κ3) is 4.98. The fourth-order valence-corrected chi connectivity index (χ4v) is 4.10. The van der Waals surface area contributed by atoms with E-state index in [2.05, 4.69) is 26.1 Å². The molecule has 1 aliphatic rings. The molecule has 1 aliphatic carbocycles. The van der Waals surface area contributed by atoms with Gasteiger partial charge >= 0.3 is 0 Å². The number of carbonyl (C=O) groups excluding carboxylic acids is 1. The molecule has 1 fully saturated rings. The zero-order valence-electron chi connectivity index (χ0n) is 16.2. The molecular weight excluding hydrogens is 330 g/mol. The lowest BCUT2D eigenvalue weighted by molar-refractivity contribution is -0.155. The summed E-state index contributed by atoms with van der Waals surface area (Å²) in [5, 5.41) is 23.0. The van der Waals surface area contributed by atoms with Crippen molar-refractivity contribution >= 4 is 5.91 Å². The van der Waals surface area contributed by atoms with E-state index in [0.29, 0.717) is 25.3 Å². The van der Waals surface area contributed by atoms with Crippen molar-refractivity contribution in [1.82, 2.24) is 5.32 Å². The van der Waals surface area contributed by atoms with Crippen LogP contribution < -0.4 is 10.1 Å². The van der Waals surface area contributed by atoms with Gasteiger partial charge in [0, 0.05) is 6.54 Å². The fraction of sp³-hybridized carbons (Fsp3) is 0.667. The van der Waals surface area contributed by atoms with Crippen molar-refractivity contribution in [2.45, 2.75) is 52.1 Å². The Labute approximate surface area is 156 Å². The predicted octanol–water partition coefficient (Wildman–Crippen LogP) is 2.54. The van der Waals surface area contributed by atoms with E-state index in [1.165, 1.54) is 0 Å². The molecule has 0 aromatic heterocycles. The first-order chi connectivity index (χ1) is 12.4. The summed E-state index contributed by atoms with van der Waals surface area (Å²) in [5.74, 6) is 1.09. The molecule has 5 nitrogen and oxygen atoms in total. The van der Waals surface area contributed by atoms with Crippen LogP contribution in [0, 0.1) is 17.8 Å². The monoisotopic (exact) mass is 363 g/mol. The Hall–Kier alpha value is -1.59. The van der Waals surface area contributed by atoms with Crippen LogP contribution in [-0.2, 0) is 11.2 Å². The first-order valence-electron chi connectivity index (χ1n) is 9.70. The summed E-state index contributed by atoms with van der Waals surface area (Å²) in [5.41, 5.74) is -0.302. The molecule has 0 spiro atoms. The number of ether oxygens (including phenoxy) is 1. The maximum Gasteiger partial charge on any atom is 0.252 e. The largest absolute Gasteiger partial charge is 0.491 e. The molecule has 5 heteroatoms. The van der Waals surface area contributed by atoms with Crippen LogP contribution in [0.15, 0.2) is 24.3 Å². The van der Waals surface area contributed by atoms with E-state index < -0.39 is 5.60 Å². The number of hydrogen-bond donors (Lipinski definition) is 3. The molecule has 0 bridgehead atoms. The van der Waals surface area contributed by atoms with Gasteiger partial charge in [0.15, 0.2) is 0 Å². The van der Waals surface area contributed by atoms with Crippen LogP contribution >= 0.6 is 0 Å². The first kappa shape index (κ1) is 20.7. The van der Waals surface area contributed by atoms with Crippen molar-refractivity contribution < 1.29 is 19.7 Å². The Morgan fingerprint density at radius 3 is 2.77 bits per heavy atom. The normalized spacial score (nSPS) is 25.9. The second kappa shape index (κ2) is 9.38. The van der Waals surface area contributed by atoms with Crippen molar-refractivity contribution in [3.05, 3.63) is 29.8 Å². The van der Waals surface area contributed by atoms with Gasteiger partial charge < -0.3 is 20.3 Å². The average Bonchev–Trinajstić information content (AvgIpc) is 2.60. The summed E-state index contributed by atoms with van der Waals surface area (Å²) in [6.07, 6.45) is 3.10. The quantitative estimate of drug-likeness (QED) is 0.663. The number of carbonyl (C=O) groups is 1. The van der Waals surface area contributed by atoms with Gasteiger partial charge in [0.1, 0.15) is 18.0 Å². The van der Waals surface area contributed by atoms with Crippen LogP contribution in [0.3, 0.4) is 0 Å². The molecule has 3 N–H and O–H groups in total. The van der Waals surface area contributed by atoms with E-state index >= 15 is 0 Å². The van der Waals surface area contributed by atoms with Crippen LogP contribution in [0.5, 0.6) is 5.75 Å². The maximum absolute atomic E-state index is 12.8. The third-order valence-electron chi connectivity index (χ3n) is 5.44. The molecule has 26 heavy (non-hydrogen) atoms. The van der Waals surface area contributed by atoms with Gasteiger partial charge in [-0.3, -0.25) is 4.79 Å². The molecule has 0 heterocycles. The summed E-state index contributed by atoms with van der Waals surface area (Å²) in [7, 11) is 0. The Bertz CT molecular complexity index is 589. The van der Waals surface area contributed by atoms with Gasteiger partial charge in [0.05, 0.1) is 6.61 Å². The van der Waals surface area contributed by atoms with Gasteiger partial charge in [-0.25, -0.2) is 0 Å². The van der Waals surface area contributed by atoms with Gasteiger partial charge in [-0.2, -0.15) is 0 Å². The van der Waals surface area contributed by atoms with Gasteiger partial charge in [-0.1, -0.05) is 45.4 Å². The highest BCUT2D eigenvalue weighted by Crippen LogP contribution is 2.41. The van der Waals surface area contributed by atoms with Crippen LogP contribution in [-0.4, -0.2) is 41.5 Å². The molecule has 1 saturated carbocycles. The number of aliphatic hydroxyl groups excluding tert-OH is 1. The second-order valence-corrected chi connectivity index (χ2v) is 7.85. The molecule has 146 valence electrons. The second-order valence-electron chi connectivity index (χ2n) is 7.85. The van der Waals surface area contributed by atoms with Crippen molar-refractivity contribution in [2.75, 3.05) is 19.8 Å². The highest BCUT2D eigenvalue weighted by Gasteiger charge is 2.48. The number of benzene rings is 1. The van der Waals surface area contributed by atoms with Crippen molar-refractivity contribution in [3.63, 3.8) is 0 Å². The summed E-state index contributed by atoms with van der Waals surface area (Å²) in [6, 6.07) is 7.62. The average molecular weight is 363 g/mol. The number of hydrogen-bond acceptors (Lipinski definition) is 4. The van der Waals surface area contributed by atoms with Crippen molar-refractivity contribution in [2.24, 2.45) is 17.8 Å². The molecular formula is C21H33NO4. The number of rotatable bonds is 8. The standard InChI is InChI=1S/C21H33NO4/c1-15(2)18-9-8-16(3)14-21(18,25)20(24)22-11-10-17-6-4-5-7-19(17)26-13-12-23/h4-7,15-16,18,23,25H,8-14H2,1-3H3,(H,22,24)/t16-,18+,21+/m1/s1. The lowest BCUT2D eigenvalue weighted by Crippen LogP contribution is -2.56. The molecule has 1 aromatic carbocycles. The SMILES string of the molecule is CC(C)[C@@H]1CC[C@@H](C)C[C@@]1(O)C(=O)NCCc1ccccc1OCCO. The summed E-state index contributed by atoms with van der Waals surface area (Å²) in [6.45, 7) is 6.91. The lowest BCUT2D eigenvalue weighted by atomic mass is 9.66. The first-order valence-corrected chi connectivity index (χ1v) is 9.70. The lowest BCUT2D eigenvalue weighted by Gasteiger charge is -2.43. The Balaban J connectivity index is 1.97. The molecule has 1 aromatic rings. The zero-order chi connectivity index (χ0) is 19.2. The van der Waals surface area contributed by atoms with Crippen molar-refractivity contribution in [3.8, 4) is 5.75 Å². The van der Waals surface area contributed by atoms with Gasteiger partial charge in [-0.05, 0) is 48.6 Å². The highest BCUT2D eigenvalue weighted by molar-refractivity contribution is 5.85. The minimum absolute atomic E-state index is 0.00104. The number of nitrogens with one attached hydrogen (secondary N) is 1. The van der Waals surface area contributed by atoms with E-state index in [0.717, 1.165) is 24.2 Å². The van der Waals surface area contributed by atoms with Crippen LogP contribution in [0.2, 0.25) is 0 Å². The zero-order valence-corrected chi connectivity index (χ0v) is 16.2. The molecule has 0 aliphatic heterocycles. The molecule has 1 amide bonds. The van der Waals surface area contributed by atoms with Crippen LogP contribution in [0.25, 0.3) is 0 Å². The molecule has 3 atom stereocenters. The topological polar surface area (TPSA) is 78.8 Å². The number of amides is 1. The molecule has 0 unspecified atom stereocenters. The predicted molar refractivity (Wildman–Crippen MR) is 102 cm³/mol. The summed E-state index contributed by atoms with van der Waals surface area (Å²) >= 11 is 0. The van der Waals surface area contributed by atoms with E-state index in [-0.39, 0.29) is 31.0 Å². The minimum atomic E-state index is -1.28. The highest BCUT2D eigenvalue weighted by atomic mass is 16.5. The Kier molecular flexibility index (Phi) is 7.47. The smallest absolute Gasteiger partial charge is 0.252 e. The molecule has 0 radical (unpaired) electrons. The minimum Gasteiger partial charge on any atom is -0.491 e. The van der Waals surface area contributed by atoms with E-state index in [1.54, 1.807) is 0 Å². The van der Waals surface area contributed by atoms with E-state index in [1.807, 2.05) is 24.3 Å². The summed E-state index contributed by atoms with van der Waals surface area (Å²) in [4.78, 5) is 12.8. The van der Waals surface area contributed by atoms with Crippen molar-refractivity contribution in [1.29, 1.82) is 0 Å². The maximum atomic E-state index is 12.8. The van der Waals surface area contributed by atoms with E-state index in [9.17, 15) is 9.90 Å². The number of para-hydroxylation sites is 1. The Morgan fingerprint density at radius 2 is 2.08 bits per heavy atom. The molecule has 2 rings (SSSR count). The van der Waals surface area contributed by atoms with Gasteiger partial charge in [-0.15, -0.1) is 0 Å². The summed E-state index contributed by atoms with van der Waals surface area (Å²) < 4.78 is 5.53. The van der Waals surface area contributed by atoms with Gasteiger partial charge in [0.2, 0.25) is 0 Å². The van der Waals surface area contributed by atoms with Crippen LogP contribution in [0.4, 0.5) is 0 Å². The van der Waals surface area contributed by atoms with Gasteiger partial charge in [0.25, 0.3) is 5.91 Å². The Morgan fingerprint density at radius 1 is 1.35 bits per heavy atom.